The van der Waals surface area contributed by atoms with Crippen LogP contribution >= 0.6 is 0 Å². The van der Waals surface area contributed by atoms with E-state index in [9.17, 15) is 4.79 Å². The van der Waals surface area contributed by atoms with E-state index in [0.717, 1.165) is 38.1 Å². The minimum Gasteiger partial charge on any atom is -0.396 e. The molecular formula is C22H29N3O2. The van der Waals surface area contributed by atoms with Gasteiger partial charge in [-0.1, -0.05) is 12.1 Å². The number of likely N-dealkylation sites (tertiary alicyclic amines) is 2. The maximum Gasteiger partial charge on any atom is 0.222 e. The first kappa shape index (κ1) is 18.4. The summed E-state index contributed by atoms with van der Waals surface area (Å²) < 4.78 is 0. The summed E-state index contributed by atoms with van der Waals surface area (Å²) in [5.41, 5.74) is 2.60. The number of fused-ring (bicyclic) bond motifs is 1. The molecule has 1 spiro atoms. The van der Waals surface area contributed by atoms with Crippen molar-refractivity contribution in [1.82, 2.24) is 14.8 Å². The minimum absolute atomic E-state index is 0.153. The zero-order chi connectivity index (χ0) is 18.7. The van der Waals surface area contributed by atoms with Crippen molar-refractivity contribution in [3.05, 3.63) is 42.1 Å². The van der Waals surface area contributed by atoms with Crippen LogP contribution in [-0.4, -0.2) is 58.6 Å². The molecule has 1 aromatic carbocycles. The summed E-state index contributed by atoms with van der Waals surface area (Å²) in [5.74, 6) is 0.258. The highest BCUT2D eigenvalue weighted by atomic mass is 16.3. The number of aliphatic hydroxyl groups excluding tert-OH is 1. The van der Waals surface area contributed by atoms with Crippen LogP contribution in [0.2, 0.25) is 0 Å². The summed E-state index contributed by atoms with van der Waals surface area (Å²) in [5, 5.41) is 10.3. The van der Waals surface area contributed by atoms with E-state index in [1.807, 2.05) is 17.2 Å². The molecule has 0 aliphatic carbocycles. The van der Waals surface area contributed by atoms with Gasteiger partial charge in [0.05, 0.1) is 5.52 Å². The SMILES string of the molecule is O=C1CCC2(CCCN(Cc3ccc4ncccc4c3)C2)CN1CCCO. The Labute approximate surface area is 161 Å². The predicted octanol–water partition coefficient (Wildman–Crippen LogP) is 2.82. The van der Waals surface area contributed by atoms with Gasteiger partial charge in [0.2, 0.25) is 5.91 Å². The smallest absolute Gasteiger partial charge is 0.222 e. The van der Waals surface area contributed by atoms with Gasteiger partial charge < -0.3 is 10.0 Å². The number of piperidine rings is 2. The van der Waals surface area contributed by atoms with E-state index in [0.29, 0.717) is 19.4 Å². The van der Waals surface area contributed by atoms with Gasteiger partial charge in [-0.2, -0.15) is 0 Å². The lowest BCUT2D eigenvalue weighted by Crippen LogP contribution is -2.54. The number of rotatable bonds is 5. The first-order valence-electron chi connectivity index (χ1n) is 10.1. The zero-order valence-electron chi connectivity index (χ0n) is 15.9. The number of hydrogen-bond donors (Lipinski definition) is 1. The van der Waals surface area contributed by atoms with Crippen LogP contribution in [0.3, 0.4) is 0 Å². The molecule has 2 aromatic rings. The number of carbonyl (C=O) groups is 1. The largest absolute Gasteiger partial charge is 0.396 e. The number of amides is 1. The standard InChI is InChI=1S/C22H29N3O2/c26-13-3-12-25-17-22(9-7-21(25)27)8-2-11-24(16-22)15-18-5-6-20-19(14-18)4-1-10-23-20/h1,4-6,10,14,26H,2-3,7-9,11-13,15-17H2. The highest BCUT2D eigenvalue weighted by Gasteiger charge is 2.41. The van der Waals surface area contributed by atoms with E-state index in [2.05, 4.69) is 34.1 Å². The third-order valence-corrected chi connectivity index (χ3v) is 6.15. The Bertz CT molecular complexity index is 809. The molecule has 0 saturated carbocycles. The van der Waals surface area contributed by atoms with Gasteiger partial charge in [0.15, 0.2) is 0 Å². The average Bonchev–Trinajstić information content (AvgIpc) is 2.69. The molecule has 0 radical (unpaired) electrons. The molecule has 27 heavy (non-hydrogen) atoms. The van der Waals surface area contributed by atoms with E-state index in [4.69, 9.17) is 5.11 Å². The van der Waals surface area contributed by atoms with Crippen molar-refractivity contribution in [2.45, 2.75) is 38.6 Å². The van der Waals surface area contributed by atoms with Gasteiger partial charge in [-0.15, -0.1) is 0 Å². The molecule has 1 aromatic heterocycles. The molecule has 1 unspecified atom stereocenters. The van der Waals surface area contributed by atoms with Crippen LogP contribution in [0, 0.1) is 5.41 Å². The molecule has 1 amide bonds. The highest BCUT2D eigenvalue weighted by Crippen LogP contribution is 2.39. The van der Waals surface area contributed by atoms with Crippen molar-refractivity contribution in [3.8, 4) is 0 Å². The summed E-state index contributed by atoms with van der Waals surface area (Å²) in [6, 6.07) is 10.7. The molecule has 144 valence electrons. The monoisotopic (exact) mass is 367 g/mol. The van der Waals surface area contributed by atoms with Gasteiger partial charge in [0.25, 0.3) is 0 Å². The number of hydrogen-bond acceptors (Lipinski definition) is 4. The maximum atomic E-state index is 12.2. The Hall–Kier alpha value is -1.98. The quantitative estimate of drug-likeness (QED) is 0.883. The Kier molecular flexibility index (Phi) is 5.41. The molecule has 1 atom stereocenters. The lowest BCUT2D eigenvalue weighted by molar-refractivity contribution is -0.139. The molecule has 0 bridgehead atoms. The van der Waals surface area contributed by atoms with Crippen molar-refractivity contribution in [3.63, 3.8) is 0 Å². The van der Waals surface area contributed by atoms with E-state index in [1.54, 1.807) is 0 Å². The van der Waals surface area contributed by atoms with Crippen LogP contribution in [0.15, 0.2) is 36.5 Å². The lowest BCUT2D eigenvalue weighted by atomic mass is 9.73. The van der Waals surface area contributed by atoms with Crippen LogP contribution in [0.5, 0.6) is 0 Å². The predicted molar refractivity (Wildman–Crippen MR) is 106 cm³/mol. The first-order chi connectivity index (χ1) is 13.2. The number of aromatic nitrogens is 1. The molecule has 2 aliphatic heterocycles. The van der Waals surface area contributed by atoms with Crippen LogP contribution in [0.1, 0.15) is 37.7 Å². The Morgan fingerprint density at radius 3 is 3.00 bits per heavy atom. The number of nitrogens with zero attached hydrogens (tertiary/aromatic N) is 3. The molecule has 5 heteroatoms. The topological polar surface area (TPSA) is 56.7 Å². The van der Waals surface area contributed by atoms with Gasteiger partial charge in [0.1, 0.15) is 0 Å². The number of pyridine rings is 1. The molecule has 5 nitrogen and oxygen atoms in total. The van der Waals surface area contributed by atoms with Gasteiger partial charge in [-0.25, -0.2) is 0 Å². The van der Waals surface area contributed by atoms with Crippen molar-refractivity contribution in [1.29, 1.82) is 0 Å². The lowest BCUT2D eigenvalue weighted by Gasteiger charge is -2.48. The van der Waals surface area contributed by atoms with Crippen molar-refractivity contribution >= 4 is 16.8 Å². The summed E-state index contributed by atoms with van der Waals surface area (Å²) in [4.78, 5) is 21.2. The maximum absolute atomic E-state index is 12.2. The first-order valence-corrected chi connectivity index (χ1v) is 10.1. The normalized spacial score (nSPS) is 24.0. The second-order valence-electron chi connectivity index (χ2n) is 8.24. The van der Waals surface area contributed by atoms with E-state index >= 15 is 0 Å². The van der Waals surface area contributed by atoms with Crippen LogP contribution in [0.25, 0.3) is 10.9 Å². The highest BCUT2D eigenvalue weighted by molar-refractivity contribution is 5.79. The van der Waals surface area contributed by atoms with E-state index in [-0.39, 0.29) is 17.9 Å². The Balaban J connectivity index is 1.44. The fourth-order valence-electron chi connectivity index (χ4n) is 4.83. The molecule has 3 heterocycles. The number of carbonyl (C=O) groups excluding carboxylic acids is 1. The third-order valence-electron chi connectivity index (χ3n) is 6.15. The van der Waals surface area contributed by atoms with Crippen molar-refractivity contribution < 1.29 is 9.90 Å². The van der Waals surface area contributed by atoms with Crippen LogP contribution < -0.4 is 0 Å². The molecule has 2 aliphatic rings. The Morgan fingerprint density at radius 2 is 2.11 bits per heavy atom. The van der Waals surface area contributed by atoms with Gasteiger partial charge in [-0.3, -0.25) is 14.7 Å². The van der Waals surface area contributed by atoms with Gasteiger partial charge in [-0.05, 0) is 56.0 Å². The zero-order valence-corrected chi connectivity index (χ0v) is 15.9. The Morgan fingerprint density at radius 1 is 1.19 bits per heavy atom. The summed E-state index contributed by atoms with van der Waals surface area (Å²) in [6.07, 6.45) is 6.56. The van der Waals surface area contributed by atoms with E-state index < -0.39 is 0 Å². The van der Waals surface area contributed by atoms with E-state index in [1.165, 1.54) is 23.8 Å². The van der Waals surface area contributed by atoms with Crippen molar-refractivity contribution in [2.75, 3.05) is 32.8 Å². The fourth-order valence-corrected chi connectivity index (χ4v) is 4.83. The second kappa shape index (κ2) is 7.95. The molecule has 2 fully saturated rings. The molecule has 1 N–H and O–H groups in total. The van der Waals surface area contributed by atoms with Gasteiger partial charge >= 0.3 is 0 Å². The fraction of sp³-hybridized carbons (Fsp3) is 0.545. The number of benzene rings is 1. The third kappa shape index (κ3) is 4.14. The molecular weight excluding hydrogens is 338 g/mol. The minimum atomic E-state index is 0.153. The number of aliphatic hydroxyl groups is 1. The second-order valence-corrected chi connectivity index (χ2v) is 8.24. The van der Waals surface area contributed by atoms with Crippen LogP contribution in [-0.2, 0) is 11.3 Å². The summed E-state index contributed by atoms with van der Waals surface area (Å²) in [7, 11) is 0. The summed E-state index contributed by atoms with van der Waals surface area (Å²) in [6.45, 7) is 4.83. The van der Waals surface area contributed by atoms with Crippen LogP contribution in [0.4, 0.5) is 0 Å². The molecule has 2 saturated heterocycles. The average molecular weight is 367 g/mol. The van der Waals surface area contributed by atoms with Gasteiger partial charge in [0, 0.05) is 56.2 Å². The van der Waals surface area contributed by atoms with Crippen molar-refractivity contribution in [2.24, 2.45) is 5.41 Å². The molecule has 4 rings (SSSR count). The summed E-state index contributed by atoms with van der Waals surface area (Å²) >= 11 is 0.